The van der Waals surface area contributed by atoms with Crippen LogP contribution in [0.3, 0.4) is 0 Å². The number of piperidine rings is 1. The Labute approximate surface area is 194 Å². The Bertz CT molecular complexity index is 1050. The van der Waals surface area contributed by atoms with Crippen LogP contribution < -0.4 is 14.2 Å². The molecule has 0 radical (unpaired) electrons. The number of halogens is 3. The summed E-state index contributed by atoms with van der Waals surface area (Å²) in [4.78, 5) is 2.29. The van der Waals surface area contributed by atoms with E-state index in [1.54, 1.807) is 0 Å². The van der Waals surface area contributed by atoms with E-state index in [1.165, 1.54) is 6.07 Å². The van der Waals surface area contributed by atoms with Crippen LogP contribution in [-0.2, 0) is 10.0 Å². The van der Waals surface area contributed by atoms with Crippen LogP contribution in [-0.4, -0.2) is 52.2 Å². The number of hydrogen-bond donors (Lipinski definition) is 1. The van der Waals surface area contributed by atoms with Crippen molar-refractivity contribution in [3.63, 3.8) is 0 Å². The predicted octanol–water partition coefficient (Wildman–Crippen LogP) is 4.07. The molecule has 168 valence electrons. The fraction of sp³-hybridized carbons (Fsp3) is 0.429. The van der Waals surface area contributed by atoms with Crippen molar-refractivity contribution in [3.05, 3.63) is 51.7 Å². The minimum Gasteiger partial charge on any atom is -0.486 e. The molecule has 2 aliphatic rings. The maximum Gasteiger partial charge on any atom is 0.240 e. The predicted molar refractivity (Wildman–Crippen MR) is 120 cm³/mol. The maximum absolute atomic E-state index is 13.3. The van der Waals surface area contributed by atoms with E-state index in [2.05, 4.69) is 25.6 Å². The van der Waals surface area contributed by atoms with E-state index in [9.17, 15) is 12.8 Å². The lowest BCUT2D eigenvalue weighted by atomic mass is 9.97. The molecular formula is C21H23BrClFN2O4S. The number of benzene rings is 2. The van der Waals surface area contributed by atoms with Crippen LogP contribution in [0.4, 0.5) is 4.39 Å². The van der Waals surface area contributed by atoms with E-state index in [4.69, 9.17) is 21.1 Å². The quantitative estimate of drug-likeness (QED) is 0.606. The molecule has 1 atom stereocenters. The van der Waals surface area contributed by atoms with Crippen LogP contribution in [0.25, 0.3) is 0 Å². The van der Waals surface area contributed by atoms with Gasteiger partial charge in [-0.3, -0.25) is 4.90 Å². The van der Waals surface area contributed by atoms with E-state index in [0.717, 1.165) is 60.6 Å². The first-order chi connectivity index (χ1) is 14.8. The van der Waals surface area contributed by atoms with Gasteiger partial charge in [-0.2, -0.15) is 0 Å². The third-order valence-electron chi connectivity index (χ3n) is 5.56. The molecule has 2 aromatic rings. The van der Waals surface area contributed by atoms with Crippen LogP contribution in [0, 0.1) is 11.7 Å². The molecule has 2 aromatic carbocycles. The minimum atomic E-state index is -3.72. The van der Waals surface area contributed by atoms with Crippen molar-refractivity contribution in [1.29, 1.82) is 0 Å². The summed E-state index contributed by atoms with van der Waals surface area (Å²) in [6.07, 6.45) is 1.71. The lowest BCUT2D eigenvalue weighted by molar-refractivity contribution is 0.0480. The van der Waals surface area contributed by atoms with Gasteiger partial charge in [0.15, 0.2) is 11.5 Å². The molecule has 2 aliphatic heterocycles. The van der Waals surface area contributed by atoms with Crippen LogP contribution >= 0.6 is 27.5 Å². The Morgan fingerprint density at radius 2 is 1.94 bits per heavy atom. The topological polar surface area (TPSA) is 67.9 Å². The van der Waals surface area contributed by atoms with Crippen molar-refractivity contribution < 1.29 is 22.3 Å². The second-order valence-corrected chi connectivity index (χ2v) is 10.9. The third kappa shape index (κ3) is 5.70. The first-order valence-electron chi connectivity index (χ1n) is 10.1. The highest BCUT2D eigenvalue weighted by atomic mass is 79.9. The van der Waals surface area contributed by atoms with Crippen molar-refractivity contribution in [2.45, 2.75) is 23.8 Å². The fourth-order valence-corrected chi connectivity index (χ4v) is 5.52. The Balaban J connectivity index is 1.24. The van der Waals surface area contributed by atoms with E-state index in [0.29, 0.717) is 13.2 Å². The summed E-state index contributed by atoms with van der Waals surface area (Å²) in [5.74, 6) is 1.10. The zero-order valence-electron chi connectivity index (χ0n) is 16.7. The highest BCUT2D eigenvalue weighted by molar-refractivity contribution is 9.10. The molecule has 10 heteroatoms. The molecule has 1 N–H and O–H groups in total. The van der Waals surface area contributed by atoms with Crippen molar-refractivity contribution in [2.24, 2.45) is 5.92 Å². The van der Waals surface area contributed by atoms with Gasteiger partial charge in [0.25, 0.3) is 0 Å². The molecule has 0 aromatic heterocycles. The Morgan fingerprint density at radius 1 is 1.16 bits per heavy atom. The van der Waals surface area contributed by atoms with Gasteiger partial charge in [-0.15, -0.1) is 0 Å². The molecule has 0 unspecified atom stereocenters. The Kier molecular flexibility index (Phi) is 7.07. The molecule has 1 fully saturated rings. The monoisotopic (exact) mass is 532 g/mol. The van der Waals surface area contributed by atoms with Crippen molar-refractivity contribution in [3.8, 4) is 11.5 Å². The van der Waals surface area contributed by atoms with Gasteiger partial charge in [0, 0.05) is 17.6 Å². The molecule has 2 heterocycles. The lowest BCUT2D eigenvalue weighted by Gasteiger charge is -2.35. The summed E-state index contributed by atoms with van der Waals surface area (Å²) in [6, 6.07) is 9.13. The van der Waals surface area contributed by atoms with Gasteiger partial charge < -0.3 is 9.47 Å². The summed E-state index contributed by atoms with van der Waals surface area (Å²) < 4.78 is 53.7. The highest BCUT2D eigenvalue weighted by Gasteiger charge is 2.27. The summed E-state index contributed by atoms with van der Waals surface area (Å²) in [5.41, 5.74) is 0. The number of nitrogens with zero attached hydrogens (tertiary/aromatic N) is 1. The van der Waals surface area contributed by atoms with Gasteiger partial charge in [0.2, 0.25) is 10.0 Å². The average molecular weight is 534 g/mol. The molecular weight excluding hydrogens is 511 g/mol. The Morgan fingerprint density at radius 3 is 2.68 bits per heavy atom. The highest BCUT2D eigenvalue weighted by Crippen LogP contribution is 2.34. The standard InChI is InChI=1S/C21H23BrClFN2O4S/c22-15-1-4-20-21(9-15)30-16(13-29-20)12-26-7-5-14(6-8-26)11-25-31(27,28)17-2-3-19(24)18(23)10-17/h1-4,9-10,14,16,25H,5-8,11-13H2/t16-/m0/s1. The second-order valence-electron chi connectivity index (χ2n) is 7.81. The van der Waals surface area contributed by atoms with E-state index >= 15 is 0 Å². The summed E-state index contributed by atoms with van der Waals surface area (Å²) in [6.45, 7) is 3.34. The lowest BCUT2D eigenvalue weighted by Crippen LogP contribution is -2.45. The van der Waals surface area contributed by atoms with Gasteiger partial charge >= 0.3 is 0 Å². The molecule has 0 bridgehead atoms. The number of rotatable bonds is 6. The molecule has 31 heavy (non-hydrogen) atoms. The first-order valence-corrected chi connectivity index (χ1v) is 12.7. The van der Waals surface area contributed by atoms with E-state index in [1.807, 2.05) is 18.2 Å². The smallest absolute Gasteiger partial charge is 0.240 e. The summed E-state index contributed by atoms with van der Waals surface area (Å²) in [7, 11) is -3.72. The van der Waals surface area contributed by atoms with Crippen molar-refractivity contribution in [1.82, 2.24) is 9.62 Å². The summed E-state index contributed by atoms with van der Waals surface area (Å²) >= 11 is 9.15. The van der Waals surface area contributed by atoms with E-state index < -0.39 is 15.8 Å². The van der Waals surface area contributed by atoms with Gasteiger partial charge in [-0.05, 0) is 68.2 Å². The van der Waals surface area contributed by atoms with Gasteiger partial charge in [-0.25, -0.2) is 17.5 Å². The molecule has 0 spiro atoms. The zero-order chi connectivity index (χ0) is 22.0. The zero-order valence-corrected chi connectivity index (χ0v) is 19.8. The number of hydrogen-bond acceptors (Lipinski definition) is 5. The Hall–Kier alpha value is -1.39. The number of sulfonamides is 1. The molecule has 4 rings (SSSR count). The van der Waals surface area contributed by atoms with Crippen LogP contribution in [0.5, 0.6) is 11.5 Å². The van der Waals surface area contributed by atoms with Gasteiger partial charge in [0.05, 0.1) is 9.92 Å². The molecule has 1 saturated heterocycles. The molecule has 6 nitrogen and oxygen atoms in total. The number of ether oxygens (including phenoxy) is 2. The molecule has 0 aliphatic carbocycles. The first kappa shape index (κ1) is 22.8. The van der Waals surface area contributed by atoms with Gasteiger partial charge in [0.1, 0.15) is 18.5 Å². The minimum absolute atomic E-state index is 0.0299. The molecule has 0 amide bonds. The van der Waals surface area contributed by atoms with Crippen LogP contribution in [0.1, 0.15) is 12.8 Å². The van der Waals surface area contributed by atoms with Crippen LogP contribution in [0.15, 0.2) is 45.8 Å². The average Bonchev–Trinajstić information content (AvgIpc) is 2.75. The number of fused-ring (bicyclic) bond motifs is 1. The number of nitrogens with one attached hydrogen (secondary N) is 1. The van der Waals surface area contributed by atoms with Crippen LogP contribution in [0.2, 0.25) is 5.02 Å². The normalized spacial score (nSPS) is 20.0. The maximum atomic E-state index is 13.3. The third-order valence-corrected chi connectivity index (χ3v) is 7.76. The van der Waals surface area contributed by atoms with Gasteiger partial charge in [-0.1, -0.05) is 27.5 Å². The summed E-state index contributed by atoms with van der Waals surface area (Å²) in [5, 5.41) is -0.208. The van der Waals surface area contributed by atoms with Crippen molar-refractivity contribution in [2.75, 3.05) is 32.8 Å². The van der Waals surface area contributed by atoms with Crippen molar-refractivity contribution >= 4 is 37.6 Å². The molecule has 0 saturated carbocycles. The second kappa shape index (κ2) is 9.62. The largest absolute Gasteiger partial charge is 0.486 e. The number of likely N-dealkylation sites (tertiary alicyclic amines) is 1. The fourth-order valence-electron chi connectivity index (χ4n) is 3.80. The van der Waals surface area contributed by atoms with E-state index in [-0.39, 0.29) is 21.9 Å². The SMILES string of the molecule is O=S(=O)(NCC1CCN(C[C@H]2COc3ccc(Br)cc3O2)CC1)c1ccc(F)c(Cl)c1.